The van der Waals surface area contributed by atoms with Crippen LogP contribution in [0.25, 0.3) is 0 Å². The zero-order chi connectivity index (χ0) is 8.81. The van der Waals surface area contributed by atoms with Gasteiger partial charge >= 0.3 is 0 Å². The maximum absolute atomic E-state index is 8.98. The highest BCUT2D eigenvalue weighted by Crippen LogP contribution is 2.26. The van der Waals surface area contributed by atoms with Gasteiger partial charge in [-0.1, -0.05) is 25.7 Å². The van der Waals surface area contributed by atoms with Crippen LogP contribution in [0.1, 0.15) is 39.0 Å². The number of hydrogen-bond donors (Lipinski definition) is 2. The van der Waals surface area contributed by atoms with Gasteiger partial charge in [0, 0.05) is 6.54 Å². The predicted octanol–water partition coefficient (Wildman–Crippen LogP) is 1.54. The van der Waals surface area contributed by atoms with Crippen molar-refractivity contribution in [2.45, 2.75) is 45.1 Å². The first kappa shape index (κ1) is 10.0. The second-order valence-corrected chi connectivity index (χ2v) is 3.99. The van der Waals surface area contributed by atoms with Crippen molar-refractivity contribution >= 4 is 0 Å². The van der Waals surface area contributed by atoms with E-state index in [1.807, 2.05) is 6.92 Å². The minimum atomic E-state index is -0.200. The van der Waals surface area contributed by atoms with Gasteiger partial charge in [-0.05, 0) is 25.8 Å². The summed E-state index contributed by atoms with van der Waals surface area (Å²) in [5, 5.41) is 12.2. The lowest BCUT2D eigenvalue weighted by Gasteiger charge is -2.10. The van der Waals surface area contributed by atoms with Crippen LogP contribution in [-0.2, 0) is 0 Å². The van der Waals surface area contributed by atoms with E-state index >= 15 is 0 Å². The molecule has 0 spiro atoms. The molecule has 0 amide bonds. The molecule has 0 aromatic rings. The average molecular weight is 171 g/mol. The monoisotopic (exact) mass is 171 g/mol. The first-order valence-electron chi connectivity index (χ1n) is 5.18. The van der Waals surface area contributed by atoms with Crippen LogP contribution in [0.3, 0.4) is 0 Å². The molecule has 1 aliphatic rings. The van der Waals surface area contributed by atoms with Gasteiger partial charge in [0.05, 0.1) is 6.10 Å². The molecule has 1 rings (SSSR count). The zero-order valence-corrected chi connectivity index (χ0v) is 8.05. The minimum absolute atomic E-state index is 0.200. The third-order valence-corrected chi connectivity index (χ3v) is 2.64. The van der Waals surface area contributed by atoms with Crippen LogP contribution >= 0.6 is 0 Å². The normalized spacial score (nSPS) is 21.5. The predicted molar refractivity (Wildman–Crippen MR) is 51.1 cm³/mol. The topological polar surface area (TPSA) is 32.3 Å². The molecule has 0 heterocycles. The quantitative estimate of drug-likeness (QED) is 0.615. The van der Waals surface area contributed by atoms with Crippen molar-refractivity contribution in [2.75, 3.05) is 13.1 Å². The largest absolute Gasteiger partial charge is 0.392 e. The Balaban J connectivity index is 1.88. The molecular weight excluding hydrogens is 150 g/mol. The fraction of sp³-hybridized carbons (Fsp3) is 1.00. The van der Waals surface area contributed by atoms with Crippen molar-refractivity contribution in [1.82, 2.24) is 5.32 Å². The number of rotatable bonds is 5. The van der Waals surface area contributed by atoms with E-state index in [4.69, 9.17) is 5.11 Å². The molecule has 2 N–H and O–H groups in total. The molecule has 0 radical (unpaired) electrons. The van der Waals surface area contributed by atoms with Crippen LogP contribution in [0.2, 0.25) is 0 Å². The van der Waals surface area contributed by atoms with Gasteiger partial charge in [-0.2, -0.15) is 0 Å². The fourth-order valence-electron chi connectivity index (χ4n) is 1.92. The Morgan fingerprint density at radius 3 is 2.67 bits per heavy atom. The van der Waals surface area contributed by atoms with E-state index in [0.717, 1.165) is 19.0 Å². The summed E-state index contributed by atoms with van der Waals surface area (Å²) < 4.78 is 0. The number of aliphatic hydroxyl groups is 1. The fourth-order valence-corrected chi connectivity index (χ4v) is 1.92. The second kappa shape index (κ2) is 5.55. The molecule has 0 saturated heterocycles. The van der Waals surface area contributed by atoms with E-state index in [-0.39, 0.29) is 6.10 Å². The Kier molecular flexibility index (Phi) is 4.62. The Labute approximate surface area is 75.4 Å². The van der Waals surface area contributed by atoms with Gasteiger partial charge in [0.25, 0.3) is 0 Å². The summed E-state index contributed by atoms with van der Waals surface area (Å²) in [6.45, 7) is 3.64. The van der Waals surface area contributed by atoms with Crippen molar-refractivity contribution in [3.05, 3.63) is 0 Å². The lowest BCUT2D eigenvalue weighted by molar-refractivity contribution is 0.190. The molecule has 2 nitrogen and oxygen atoms in total. The van der Waals surface area contributed by atoms with Crippen LogP contribution in [0.15, 0.2) is 0 Å². The smallest absolute Gasteiger partial charge is 0.0636 e. The Hall–Kier alpha value is -0.0800. The standard InChI is InChI=1S/C10H21NO/c1-9(12)8-11-7-6-10-4-2-3-5-10/h9-12H,2-8H2,1H3. The second-order valence-electron chi connectivity index (χ2n) is 3.99. The third kappa shape index (κ3) is 4.07. The SMILES string of the molecule is CC(O)CNCCC1CCCC1. The van der Waals surface area contributed by atoms with Crippen molar-refractivity contribution in [3.63, 3.8) is 0 Å². The summed E-state index contributed by atoms with van der Waals surface area (Å²) in [6.07, 6.45) is 6.82. The first-order chi connectivity index (χ1) is 5.79. The first-order valence-corrected chi connectivity index (χ1v) is 5.18. The molecule has 1 unspecified atom stereocenters. The molecule has 1 saturated carbocycles. The number of hydrogen-bond acceptors (Lipinski definition) is 2. The van der Waals surface area contributed by atoms with Crippen molar-refractivity contribution in [1.29, 1.82) is 0 Å². The summed E-state index contributed by atoms with van der Waals surface area (Å²) in [6, 6.07) is 0. The minimum Gasteiger partial charge on any atom is -0.392 e. The van der Waals surface area contributed by atoms with Crippen LogP contribution < -0.4 is 5.32 Å². The Morgan fingerprint density at radius 1 is 1.42 bits per heavy atom. The molecule has 1 fully saturated rings. The molecule has 12 heavy (non-hydrogen) atoms. The van der Waals surface area contributed by atoms with E-state index < -0.39 is 0 Å². The van der Waals surface area contributed by atoms with Gasteiger partial charge < -0.3 is 10.4 Å². The van der Waals surface area contributed by atoms with Crippen molar-refractivity contribution in [2.24, 2.45) is 5.92 Å². The van der Waals surface area contributed by atoms with Crippen molar-refractivity contribution < 1.29 is 5.11 Å². The molecule has 2 heteroatoms. The highest BCUT2D eigenvalue weighted by molar-refractivity contribution is 4.68. The lowest BCUT2D eigenvalue weighted by Crippen LogP contribution is -2.26. The summed E-state index contributed by atoms with van der Waals surface area (Å²) in [7, 11) is 0. The summed E-state index contributed by atoms with van der Waals surface area (Å²) in [5.74, 6) is 0.964. The van der Waals surface area contributed by atoms with Gasteiger partial charge in [0.1, 0.15) is 0 Å². The highest BCUT2D eigenvalue weighted by atomic mass is 16.3. The van der Waals surface area contributed by atoms with E-state index in [1.165, 1.54) is 32.1 Å². The van der Waals surface area contributed by atoms with Crippen LogP contribution in [0.5, 0.6) is 0 Å². The lowest BCUT2D eigenvalue weighted by atomic mass is 10.0. The molecule has 0 bridgehead atoms. The molecule has 0 aliphatic heterocycles. The van der Waals surface area contributed by atoms with E-state index in [0.29, 0.717) is 0 Å². The maximum atomic E-state index is 8.98. The molecule has 1 aliphatic carbocycles. The molecule has 0 aromatic heterocycles. The van der Waals surface area contributed by atoms with Crippen LogP contribution in [-0.4, -0.2) is 24.3 Å². The molecular formula is C10H21NO. The van der Waals surface area contributed by atoms with E-state index in [1.54, 1.807) is 0 Å². The summed E-state index contributed by atoms with van der Waals surface area (Å²) in [4.78, 5) is 0. The van der Waals surface area contributed by atoms with Gasteiger partial charge in [-0.15, -0.1) is 0 Å². The van der Waals surface area contributed by atoms with Crippen LogP contribution in [0.4, 0.5) is 0 Å². The highest BCUT2D eigenvalue weighted by Gasteiger charge is 2.13. The number of nitrogens with one attached hydrogen (secondary N) is 1. The van der Waals surface area contributed by atoms with Gasteiger partial charge in [-0.3, -0.25) is 0 Å². The van der Waals surface area contributed by atoms with Crippen molar-refractivity contribution in [3.8, 4) is 0 Å². The van der Waals surface area contributed by atoms with Gasteiger partial charge in [0.15, 0.2) is 0 Å². The summed E-state index contributed by atoms with van der Waals surface area (Å²) >= 11 is 0. The van der Waals surface area contributed by atoms with E-state index in [9.17, 15) is 0 Å². The maximum Gasteiger partial charge on any atom is 0.0636 e. The van der Waals surface area contributed by atoms with E-state index in [2.05, 4.69) is 5.32 Å². The third-order valence-electron chi connectivity index (χ3n) is 2.64. The summed E-state index contributed by atoms with van der Waals surface area (Å²) in [5.41, 5.74) is 0. The zero-order valence-electron chi connectivity index (χ0n) is 8.05. The average Bonchev–Trinajstić information content (AvgIpc) is 2.49. The number of aliphatic hydroxyl groups excluding tert-OH is 1. The molecule has 1 atom stereocenters. The molecule has 72 valence electrons. The molecule has 0 aromatic carbocycles. The van der Waals surface area contributed by atoms with Gasteiger partial charge in [-0.25, -0.2) is 0 Å². The van der Waals surface area contributed by atoms with Gasteiger partial charge in [0.2, 0.25) is 0 Å². The Morgan fingerprint density at radius 2 is 2.08 bits per heavy atom. The Bertz CT molecular complexity index is 108. The van der Waals surface area contributed by atoms with Crippen LogP contribution in [0, 0.1) is 5.92 Å².